The zero-order chi connectivity index (χ0) is 31.7. The van der Waals surface area contributed by atoms with Gasteiger partial charge in [0.25, 0.3) is 11.8 Å². The van der Waals surface area contributed by atoms with Crippen molar-refractivity contribution in [2.24, 2.45) is 5.92 Å². The van der Waals surface area contributed by atoms with Gasteiger partial charge in [0.05, 0.1) is 11.3 Å². The Labute approximate surface area is 267 Å². The van der Waals surface area contributed by atoms with Crippen LogP contribution in [0.15, 0.2) is 65.1 Å². The topological polar surface area (TPSA) is 102 Å². The van der Waals surface area contributed by atoms with E-state index in [1.807, 2.05) is 49.7 Å². The Morgan fingerprint density at radius 3 is 2.58 bits per heavy atom. The molecule has 1 atom stereocenters. The second-order valence-corrected chi connectivity index (χ2v) is 12.7. The fourth-order valence-electron chi connectivity index (χ4n) is 6.12. The minimum atomic E-state index is -0.370. The molecule has 6 rings (SSSR count). The zero-order valence-corrected chi connectivity index (χ0v) is 26.6. The summed E-state index contributed by atoms with van der Waals surface area (Å²) < 4.78 is 22.1. The van der Waals surface area contributed by atoms with Gasteiger partial charge in [-0.2, -0.15) is 0 Å². The standard InChI is InChI=1S/C35H38FN5O3S/c1-38-34(42)31-27-17-26(29(40(2)45-3)18-30(27)44-33(31)22-12-14-24(36)15-13-22)23-7-6-16-41(20-23)35(43)32(37)25-8-4-5-9-28(25)39-19-21-10-11-21/h4-5,8-9,12-15,17-18,21,23,37,39H,6-7,10-11,16,19-20H2,1-3H3,(H,38,42). The van der Waals surface area contributed by atoms with E-state index >= 15 is 0 Å². The fraction of sp³-hybridized carbons (Fsp3) is 0.343. The number of carbonyl (C=O) groups excluding carboxylic acids is 2. The van der Waals surface area contributed by atoms with E-state index in [0.717, 1.165) is 36.3 Å². The first kappa shape index (κ1) is 30.7. The normalized spacial score (nSPS) is 16.4. The van der Waals surface area contributed by atoms with Crippen molar-refractivity contribution in [1.29, 1.82) is 5.41 Å². The van der Waals surface area contributed by atoms with Crippen LogP contribution < -0.4 is 14.9 Å². The molecule has 1 saturated carbocycles. The van der Waals surface area contributed by atoms with Crippen LogP contribution in [-0.2, 0) is 4.79 Å². The van der Waals surface area contributed by atoms with Gasteiger partial charge in [-0.15, -0.1) is 0 Å². The van der Waals surface area contributed by atoms with Crippen molar-refractivity contribution in [1.82, 2.24) is 10.2 Å². The SMILES string of the molecule is CNC(=O)c1c(-c2ccc(F)cc2)oc2cc(N(C)SC)c(C3CCCN(C(=O)C(=N)c4ccccc4NCC4CC4)C3)cc12. The van der Waals surface area contributed by atoms with Crippen LogP contribution in [0, 0.1) is 17.1 Å². The molecule has 0 radical (unpaired) electrons. The molecule has 1 saturated heterocycles. The third kappa shape index (κ3) is 6.29. The van der Waals surface area contributed by atoms with Crippen LogP contribution in [-0.4, -0.2) is 62.4 Å². The van der Waals surface area contributed by atoms with Crippen LogP contribution in [0.25, 0.3) is 22.3 Å². The minimum Gasteiger partial charge on any atom is -0.455 e. The molecule has 1 unspecified atom stereocenters. The minimum absolute atomic E-state index is 0.00729. The Morgan fingerprint density at radius 2 is 1.87 bits per heavy atom. The second-order valence-electron chi connectivity index (χ2n) is 11.8. The molecule has 2 heterocycles. The van der Waals surface area contributed by atoms with Gasteiger partial charge in [-0.25, -0.2) is 4.39 Å². The summed E-state index contributed by atoms with van der Waals surface area (Å²) in [5.74, 6) is 0.0752. The summed E-state index contributed by atoms with van der Waals surface area (Å²) in [6.45, 7) is 1.89. The zero-order valence-electron chi connectivity index (χ0n) is 25.8. The molecule has 0 bridgehead atoms. The molecule has 2 fully saturated rings. The monoisotopic (exact) mass is 627 g/mol. The number of fused-ring (bicyclic) bond motifs is 1. The first-order valence-corrected chi connectivity index (χ1v) is 16.5. The molecule has 0 spiro atoms. The van der Waals surface area contributed by atoms with E-state index in [1.165, 1.54) is 25.0 Å². The van der Waals surface area contributed by atoms with Crippen molar-refractivity contribution in [2.45, 2.75) is 31.6 Å². The number of furan rings is 1. The number of benzene rings is 3. The van der Waals surface area contributed by atoms with Crippen molar-refractivity contribution in [3.05, 3.63) is 83.2 Å². The summed E-state index contributed by atoms with van der Waals surface area (Å²) in [6.07, 6.45) is 6.08. The summed E-state index contributed by atoms with van der Waals surface area (Å²) in [5.41, 5.74) is 4.92. The Bertz CT molecular complexity index is 1750. The maximum absolute atomic E-state index is 13.8. The lowest BCUT2D eigenvalue weighted by Gasteiger charge is -2.35. The highest BCUT2D eigenvalue weighted by molar-refractivity contribution is 7.99. The van der Waals surface area contributed by atoms with Gasteiger partial charge in [0.1, 0.15) is 22.9 Å². The molecule has 2 amide bonds. The number of para-hydroxylation sites is 1. The summed E-state index contributed by atoms with van der Waals surface area (Å²) in [4.78, 5) is 28.8. The van der Waals surface area contributed by atoms with E-state index < -0.39 is 0 Å². The number of anilines is 2. The molecule has 8 nitrogen and oxygen atoms in total. The number of amides is 2. The molecule has 234 valence electrons. The predicted molar refractivity (Wildman–Crippen MR) is 180 cm³/mol. The van der Waals surface area contributed by atoms with Gasteiger partial charge < -0.3 is 24.3 Å². The lowest BCUT2D eigenvalue weighted by Crippen LogP contribution is -2.43. The average molecular weight is 628 g/mol. The van der Waals surface area contributed by atoms with E-state index in [0.29, 0.717) is 52.4 Å². The van der Waals surface area contributed by atoms with Crippen LogP contribution in [0.3, 0.4) is 0 Å². The molecule has 1 aliphatic carbocycles. The van der Waals surface area contributed by atoms with Crippen LogP contribution in [0.5, 0.6) is 0 Å². The first-order valence-electron chi connectivity index (χ1n) is 15.4. The highest BCUT2D eigenvalue weighted by Crippen LogP contribution is 2.42. The summed E-state index contributed by atoms with van der Waals surface area (Å²) in [7, 11) is 3.55. The third-order valence-electron chi connectivity index (χ3n) is 8.85. The number of nitrogens with zero attached hydrogens (tertiary/aromatic N) is 2. The van der Waals surface area contributed by atoms with E-state index in [4.69, 9.17) is 9.83 Å². The van der Waals surface area contributed by atoms with Gasteiger partial charge in [-0.1, -0.05) is 30.1 Å². The number of hydrogen-bond acceptors (Lipinski definition) is 7. The highest BCUT2D eigenvalue weighted by atomic mass is 32.2. The van der Waals surface area contributed by atoms with Crippen molar-refractivity contribution in [2.75, 3.05) is 49.6 Å². The van der Waals surface area contributed by atoms with Gasteiger partial charge in [0.2, 0.25) is 0 Å². The number of halogens is 1. The van der Waals surface area contributed by atoms with Gasteiger partial charge in [0, 0.05) is 74.2 Å². The lowest BCUT2D eigenvalue weighted by molar-refractivity contribution is -0.125. The molecular weight excluding hydrogens is 589 g/mol. The Hall–Kier alpha value is -4.31. The second kappa shape index (κ2) is 13.0. The van der Waals surface area contributed by atoms with Gasteiger partial charge in [-0.05, 0) is 73.6 Å². The van der Waals surface area contributed by atoms with Crippen LogP contribution in [0.1, 0.15) is 53.1 Å². The van der Waals surface area contributed by atoms with Gasteiger partial charge >= 0.3 is 0 Å². The van der Waals surface area contributed by atoms with Crippen molar-refractivity contribution >= 4 is 51.8 Å². The summed E-state index contributed by atoms with van der Waals surface area (Å²) >= 11 is 1.56. The van der Waals surface area contributed by atoms with Crippen LogP contribution in [0.2, 0.25) is 0 Å². The van der Waals surface area contributed by atoms with Crippen LogP contribution in [0.4, 0.5) is 15.8 Å². The molecule has 2 aliphatic rings. The maximum Gasteiger partial charge on any atom is 0.272 e. The lowest BCUT2D eigenvalue weighted by atomic mass is 9.87. The van der Waals surface area contributed by atoms with Crippen molar-refractivity contribution in [3.63, 3.8) is 0 Å². The van der Waals surface area contributed by atoms with E-state index in [9.17, 15) is 14.0 Å². The van der Waals surface area contributed by atoms with Gasteiger partial charge in [-0.3, -0.25) is 15.0 Å². The quantitative estimate of drug-likeness (QED) is 0.131. The summed E-state index contributed by atoms with van der Waals surface area (Å²) in [6, 6.07) is 17.4. The number of piperidine rings is 1. The summed E-state index contributed by atoms with van der Waals surface area (Å²) in [5, 5.41) is 15.7. The molecule has 45 heavy (non-hydrogen) atoms. The van der Waals surface area contributed by atoms with E-state index in [1.54, 1.807) is 36.0 Å². The smallest absolute Gasteiger partial charge is 0.272 e. The maximum atomic E-state index is 13.8. The van der Waals surface area contributed by atoms with Crippen LogP contribution >= 0.6 is 11.9 Å². The largest absolute Gasteiger partial charge is 0.455 e. The van der Waals surface area contributed by atoms with Crippen molar-refractivity contribution in [3.8, 4) is 11.3 Å². The molecule has 1 aliphatic heterocycles. The third-order valence-corrected chi connectivity index (χ3v) is 9.59. The molecule has 4 aromatic rings. The molecule has 1 aromatic heterocycles. The number of hydrogen-bond donors (Lipinski definition) is 3. The highest BCUT2D eigenvalue weighted by Gasteiger charge is 2.32. The molecule has 10 heteroatoms. The molecule has 3 N–H and O–H groups in total. The Morgan fingerprint density at radius 1 is 1.11 bits per heavy atom. The number of nitrogens with one attached hydrogen (secondary N) is 3. The number of likely N-dealkylation sites (tertiary alicyclic amines) is 1. The Balaban J connectivity index is 1.35. The first-order chi connectivity index (χ1) is 21.8. The fourth-order valence-corrected chi connectivity index (χ4v) is 6.48. The Kier molecular flexibility index (Phi) is 8.85. The number of carbonyl (C=O) groups is 2. The molecular formula is C35H38FN5O3S. The van der Waals surface area contributed by atoms with Gasteiger partial charge in [0.15, 0.2) is 0 Å². The average Bonchev–Trinajstić information content (AvgIpc) is 3.84. The van der Waals surface area contributed by atoms with E-state index in [-0.39, 0.29) is 29.3 Å². The van der Waals surface area contributed by atoms with Crippen molar-refractivity contribution < 1.29 is 18.4 Å². The van der Waals surface area contributed by atoms with E-state index in [2.05, 4.69) is 14.9 Å². The predicted octanol–water partition coefficient (Wildman–Crippen LogP) is 6.91. The number of rotatable bonds is 10. The molecule has 3 aromatic carbocycles.